The highest BCUT2D eigenvalue weighted by Gasteiger charge is 2.26. The molecule has 0 bridgehead atoms. The molecule has 0 aliphatic carbocycles. The van der Waals surface area contributed by atoms with E-state index in [4.69, 9.17) is 4.74 Å². The zero-order chi connectivity index (χ0) is 21.7. The van der Waals surface area contributed by atoms with Crippen LogP contribution in [0.1, 0.15) is 20.3 Å². The maximum atomic E-state index is 13.9. The largest absolute Gasteiger partial charge is 0.494 e. The zero-order valence-electron chi connectivity index (χ0n) is 16.3. The van der Waals surface area contributed by atoms with E-state index in [1.165, 1.54) is 12.0 Å². The van der Waals surface area contributed by atoms with E-state index in [9.17, 15) is 19.3 Å². The fourth-order valence-corrected chi connectivity index (χ4v) is 3.10. The average molecular weight is 467 g/mol. The minimum absolute atomic E-state index is 0.0808. The molecule has 1 N–H and O–H groups in total. The number of carbonyl (C=O) groups is 1. The highest BCUT2D eigenvalue weighted by molar-refractivity contribution is 9.12. The fourth-order valence-electron chi connectivity index (χ4n) is 2.58. The molecule has 0 aromatic heterocycles. The molecular formula is C19H20BrFN4O4. The number of nitro groups is 1. The maximum Gasteiger partial charge on any atom is 0.307 e. The lowest BCUT2D eigenvalue weighted by Gasteiger charge is -2.25. The van der Waals surface area contributed by atoms with Crippen LogP contribution >= 0.6 is 15.9 Å². The molecule has 0 spiro atoms. The second-order valence-corrected chi connectivity index (χ2v) is 6.77. The summed E-state index contributed by atoms with van der Waals surface area (Å²) in [5, 5.41) is 14.0. The van der Waals surface area contributed by atoms with Crippen molar-refractivity contribution in [3.8, 4) is 5.75 Å². The first-order valence-electron chi connectivity index (χ1n) is 8.63. The molecule has 1 aliphatic rings. The highest BCUT2D eigenvalue weighted by atomic mass is 79.9. The van der Waals surface area contributed by atoms with E-state index >= 15 is 0 Å². The summed E-state index contributed by atoms with van der Waals surface area (Å²) in [4.78, 5) is 28.5. The minimum atomic E-state index is -1.01. The Balaban J connectivity index is 2.53. The number of ether oxygens (including phenoxy) is 1. The van der Waals surface area contributed by atoms with Crippen molar-refractivity contribution < 1.29 is 18.8 Å². The van der Waals surface area contributed by atoms with Crippen molar-refractivity contribution >= 4 is 39.0 Å². The predicted molar refractivity (Wildman–Crippen MR) is 113 cm³/mol. The Labute approximate surface area is 175 Å². The van der Waals surface area contributed by atoms with Gasteiger partial charge in [-0.15, -0.1) is 0 Å². The highest BCUT2D eigenvalue weighted by Crippen LogP contribution is 2.33. The van der Waals surface area contributed by atoms with Gasteiger partial charge in [-0.3, -0.25) is 19.8 Å². The molecule has 8 nitrogen and oxygen atoms in total. The average Bonchev–Trinajstić information content (AvgIpc) is 2.68. The number of anilines is 1. The molecule has 1 aliphatic heterocycles. The second kappa shape index (κ2) is 9.46. The van der Waals surface area contributed by atoms with Crippen molar-refractivity contribution in [2.75, 3.05) is 19.5 Å². The van der Waals surface area contributed by atoms with Gasteiger partial charge in [-0.2, -0.15) is 4.39 Å². The Hall–Kier alpha value is -3.01. The van der Waals surface area contributed by atoms with E-state index in [1.54, 1.807) is 25.3 Å². The van der Waals surface area contributed by atoms with Gasteiger partial charge in [0.25, 0.3) is 5.91 Å². The smallest absolute Gasteiger partial charge is 0.307 e. The van der Waals surface area contributed by atoms with Crippen LogP contribution in [0.2, 0.25) is 0 Å². The molecule has 10 heteroatoms. The van der Waals surface area contributed by atoms with Crippen molar-refractivity contribution in [2.45, 2.75) is 20.3 Å². The molecule has 1 aromatic carbocycles. The van der Waals surface area contributed by atoms with Crippen LogP contribution in [-0.2, 0) is 4.79 Å². The summed E-state index contributed by atoms with van der Waals surface area (Å²) in [6.07, 6.45) is 5.79. The topological polar surface area (TPSA) is 97.1 Å². The number of aliphatic imine (C=N–C) groups is 1. The summed E-state index contributed by atoms with van der Waals surface area (Å²) in [7, 11) is 2.92. The number of nitrogens with one attached hydrogen (secondary N) is 1. The predicted octanol–water partition coefficient (Wildman–Crippen LogP) is 4.50. The van der Waals surface area contributed by atoms with E-state index in [0.717, 1.165) is 12.1 Å². The summed E-state index contributed by atoms with van der Waals surface area (Å²) < 4.78 is 19.4. The van der Waals surface area contributed by atoms with Gasteiger partial charge < -0.3 is 10.1 Å². The number of nitrogens with zero attached hydrogens (tertiary/aromatic N) is 3. The number of hydrogen-bond acceptors (Lipinski definition) is 6. The van der Waals surface area contributed by atoms with E-state index in [1.807, 2.05) is 13.8 Å². The Morgan fingerprint density at radius 3 is 2.72 bits per heavy atom. The standard InChI is InChI=1S/C19H20BrFN4O4/c1-5-7-17(23-18-11(6-2)8-12(20)19(26)24(18)3)22-14-10-15(25(27)28)13(21)9-16(14)29-4/h6-10,22H,5H2,1-4H3/b11-6-,17-7+,23-18+. The molecule has 1 amide bonds. The van der Waals surface area contributed by atoms with Gasteiger partial charge in [0.15, 0.2) is 0 Å². The third kappa shape index (κ3) is 4.89. The molecule has 0 radical (unpaired) electrons. The Morgan fingerprint density at radius 1 is 1.48 bits per heavy atom. The van der Waals surface area contributed by atoms with E-state index in [2.05, 4.69) is 26.2 Å². The summed E-state index contributed by atoms with van der Waals surface area (Å²) in [5.41, 5.74) is 0.191. The molecule has 154 valence electrons. The molecule has 2 rings (SSSR count). The van der Waals surface area contributed by atoms with Crippen LogP contribution in [0.5, 0.6) is 5.75 Å². The zero-order valence-corrected chi connectivity index (χ0v) is 17.9. The van der Waals surface area contributed by atoms with Gasteiger partial charge >= 0.3 is 5.69 Å². The number of halogens is 2. The number of hydrogen-bond donors (Lipinski definition) is 1. The van der Waals surface area contributed by atoms with Crippen LogP contribution in [0.15, 0.2) is 51.2 Å². The molecule has 0 unspecified atom stereocenters. The monoisotopic (exact) mass is 466 g/mol. The number of methoxy groups -OCH3 is 1. The summed E-state index contributed by atoms with van der Waals surface area (Å²) >= 11 is 3.23. The first-order valence-corrected chi connectivity index (χ1v) is 9.42. The van der Waals surface area contributed by atoms with Crippen LogP contribution in [0.3, 0.4) is 0 Å². The molecule has 1 aromatic rings. The third-order valence-electron chi connectivity index (χ3n) is 4.03. The van der Waals surface area contributed by atoms with Crippen LogP contribution in [0, 0.1) is 15.9 Å². The Bertz CT molecular complexity index is 969. The van der Waals surface area contributed by atoms with Gasteiger partial charge in [0.05, 0.1) is 22.2 Å². The number of likely N-dealkylation sites (N-methyl/N-ethyl adjacent to an activating group) is 1. The van der Waals surface area contributed by atoms with Gasteiger partial charge in [0.2, 0.25) is 5.82 Å². The SMILES string of the molecule is C/C=C1/C=C(Br)C(=O)N(C)/C1=N/C(=C/CC)Nc1cc([N+](=O)[O-])c(F)cc1OC. The van der Waals surface area contributed by atoms with Crippen molar-refractivity contribution in [1.29, 1.82) is 0 Å². The number of amides is 1. The molecule has 1 heterocycles. The molecule has 0 atom stereocenters. The van der Waals surface area contributed by atoms with Crippen molar-refractivity contribution in [1.82, 2.24) is 4.90 Å². The molecule has 0 fully saturated rings. The van der Waals surface area contributed by atoms with Gasteiger partial charge in [-0.1, -0.05) is 13.0 Å². The summed E-state index contributed by atoms with van der Waals surface area (Å²) in [6, 6.07) is 1.98. The van der Waals surface area contributed by atoms with Crippen molar-refractivity contribution in [3.05, 3.63) is 62.2 Å². The number of amidine groups is 1. The Kier molecular flexibility index (Phi) is 7.27. The van der Waals surface area contributed by atoms with E-state index in [-0.39, 0.29) is 17.3 Å². The molecule has 0 saturated carbocycles. The van der Waals surface area contributed by atoms with Crippen molar-refractivity contribution in [2.24, 2.45) is 4.99 Å². The quantitative estimate of drug-likeness (QED) is 0.491. The lowest BCUT2D eigenvalue weighted by atomic mass is 10.1. The van der Waals surface area contributed by atoms with Gasteiger partial charge in [0, 0.05) is 24.8 Å². The summed E-state index contributed by atoms with van der Waals surface area (Å²) in [5.74, 6) is -0.471. The third-order valence-corrected chi connectivity index (χ3v) is 4.60. The second-order valence-electron chi connectivity index (χ2n) is 5.92. The van der Waals surface area contributed by atoms with Gasteiger partial charge in [-0.25, -0.2) is 4.99 Å². The van der Waals surface area contributed by atoms with Crippen LogP contribution in [0.4, 0.5) is 15.8 Å². The van der Waals surface area contributed by atoms with E-state index in [0.29, 0.717) is 28.1 Å². The van der Waals surface area contributed by atoms with Crippen LogP contribution in [0.25, 0.3) is 0 Å². The van der Waals surface area contributed by atoms with Gasteiger partial charge in [0.1, 0.15) is 17.4 Å². The normalized spacial score (nSPS) is 17.6. The minimum Gasteiger partial charge on any atom is -0.494 e. The fraction of sp³-hybridized carbons (Fsp3) is 0.263. The molecule has 29 heavy (non-hydrogen) atoms. The van der Waals surface area contributed by atoms with Gasteiger partial charge in [-0.05, 0) is 41.4 Å². The Morgan fingerprint density at radius 2 is 2.17 bits per heavy atom. The lowest BCUT2D eigenvalue weighted by Crippen LogP contribution is -2.37. The lowest BCUT2D eigenvalue weighted by molar-refractivity contribution is -0.387. The number of benzene rings is 1. The van der Waals surface area contributed by atoms with Crippen LogP contribution in [-0.4, -0.2) is 35.7 Å². The first-order chi connectivity index (χ1) is 13.7. The number of carbonyl (C=O) groups excluding carboxylic acids is 1. The number of allylic oxidation sites excluding steroid dienone is 2. The van der Waals surface area contributed by atoms with Crippen molar-refractivity contribution in [3.63, 3.8) is 0 Å². The first kappa shape index (κ1) is 22.3. The van der Waals surface area contributed by atoms with Crippen LogP contribution < -0.4 is 10.1 Å². The molecular weight excluding hydrogens is 447 g/mol. The number of rotatable bonds is 6. The molecule has 0 saturated heterocycles. The maximum absolute atomic E-state index is 13.9. The van der Waals surface area contributed by atoms with E-state index < -0.39 is 16.4 Å². The number of nitro benzene ring substituents is 1. The summed E-state index contributed by atoms with van der Waals surface area (Å²) in [6.45, 7) is 3.70.